The Morgan fingerprint density at radius 2 is 1.75 bits per heavy atom. The summed E-state index contributed by atoms with van der Waals surface area (Å²) in [7, 11) is 3.12. The molecule has 2 aromatic carbocycles. The lowest BCUT2D eigenvalue weighted by molar-refractivity contribution is -0.116. The van der Waals surface area contributed by atoms with E-state index in [-0.39, 0.29) is 5.91 Å². The summed E-state index contributed by atoms with van der Waals surface area (Å²) in [5.41, 5.74) is 2.23. The molecule has 0 spiro atoms. The molecular weight excluding hydrogens is 328 g/mol. The van der Waals surface area contributed by atoms with Gasteiger partial charge in [0.25, 0.3) is 0 Å². The first-order chi connectivity index (χ1) is 11.5. The number of benzene rings is 2. The Labute approximate surface area is 146 Å². The number of carbonyl (C=O) groups excluding carboxylic acids is 1. The van der Waals surface area contributed by atoms with E-state index in [9.17, 15) is 4.79 Å². The highest BCUT2D eigenvalue weighted by Crippen LogP contribution is 2.31. The molecule has 0 bridgehead atoms. The SMILES string of the molecule is COc1ccccc1NC(=O)[C@H](C)Nc1cc(C)c(Cl)cc1OC. The van der Waals surface area contributed by atoms with E-state index in [4.69, 9.17) is 21.1 Å². The van der Waals surface area contributed by atoms with Gasteiger partial charge in [0.05, 0.1) is 25.6 Å². The van der Waals surface area contributed by atoms with Gasteiger partial charge in [-0.05, 0) is 37.6 Å². The van der Waals surface area contributed by atoms with E-state index in [2.05, 4.69) is 10.6 Å². The summed E-state index contributed by atoms with van der Waals surface area (Å²) in [5.74, 6) is 1.01. The van der Waals surface area contributed by atoms with Crippen LogP contribution in [0.3, 0.4) is 0 Å². The van der Waals surface area contributed by atoms with Crippen LogP contribution in [-0.2, 0) is 4.79 Å². The van der Waals surface area contributed by atoms with Crippen molar-refractivity contribution in [2.45, 2.75) is 19.9 Å². The molecule has 2 N–H and O–H groups in total. The van der Waals surface area contributed by atoms with Crippen LogP contribution >= 0.6 is 11.6 Å². The van der Waals surface area contributed by atoms with Gasteiger partial charge < -0.3 is 20.1 Å². The van der Waals surface area contributed by atoms with Crippen molar-refractivity contribution >= 4 is 28.9 Å². The number of ether oxygens (including phenoxy) is 2. The maximum absolute atomic E-state index is 12.4. The summed E-state index contributed by atoms with van der Waals surface area (Å²) in [6, 6.07) is 10.4. The molecule has 0 saturated carbocycles. The number of halogens is 1. The molecule has 2 aromatic rings. The molecule has 24 heavy (non-hydrogen) atoms. The average molecular weight is 349 g/mol. The van der Waals surface area contributed by atoms with E-state index < -0.39 is 6.04 Å². The van der Waals surface area contributed by atoms with Crippen LogP contribution in [0.1, 0.15) is 12.5 Å². The van der Waals surface area contributed by atoms with Crippen molar-refractivity contribution in [1.29, 1.82) is 0 Å². The molecule has 0 saturated heterocycles. The van der Waals surface area contributed by atoms with Crippen LogP contribution in [0.25, 0.3) is 0 Å². The molecule has 0 radical (unpaired) electrons. The number of anilines is 2. The Morgan fingerprint density at radius 1 is 1.08 bits per heavy atom. The average Bonchev–Trinajstić information content (AvgIpc) is 2.58. The summed E-state index contributed by atoms with van der Waals surface area (Å²) in [6.07, 6.45) is 0. The topological polar surface area (TPSA) is 59.6 Å². The van der Waals surface area contributed by atoms with Gasteiger partial charge in [0, 0.05) is 11.1 Å². The fourth-order valence-corrected chi connectivity index (χ4v) is 2.39. The van der Waals surface area contributed by atoms with Crippen LogP contribution in [0, 0.1) is 6.92 Å². The molecule has 1 amide bonds. The van der Waals surface area contributed by atoms with Crippen LogP contribution < -0.4 is 20.1 Å². The summed E-state index contributed by atoms with van der Waals surface area (Å²) in [5, 5.41) is 6.62. The molecule has 0 aromatic heterocycles. The molecule has 128 valence electrons. The summed E-state index contributed by atoms with van der Waals surface area (Å²) in [6.45, 7) is 3.67. The first-order valence-corrected chi connectivity index (χ1v) is 7.88. The van der Waals surface area contributed by atoms with E-state index in [0.29, 0.717) is 27.9 Å². The minimum absolute atomic E-state index is 0.186. The quantitative estimate of drug-likeness (QED) is 0.825. The Morgan fingerprint density at radius 3 is 2.42 bits per heavy atom. The molecule has 2 rings (SSSR count). The van der Waals surface area contributed by atoms with Gasteiger partial charge in [0.15, 0.2) is 0 Å². The molecular formula is C18H21ClN2O3. The van der Waals surface area contributed by atoms with Crippen LogP contribution in [0.15, 0.2) is 36.4 Å². The monoisotopic (exact) mass is 348 g/mol. The maximum Gasteiger partial charge on any atom is 0.246 e. The number of methoxy groups -OCH3 is 2. The molecule has 0 unspecified atom stereocenters. The van der Waals surface area contributed by atoms with E-state index in [1.54, 1.807) is 39.3 Å². The minimum atomic E-state index is -0.482. The molecule has 0 aliphatic rings. The lowest BCUT2D eigenvalue weighted by Gasteiger charge is -2.19. The third-order valence-electron chi connectivity index (χ3n) is 3.61. The van der Waals surface area contributed by atoms with Crippen molar-refractivity contribution in [3.05, 3.63) is 47.0 Å². The summed E-state index contributed by atoms with van der Waals surface area (Å²) >= 11 is 6.10. The molecule has 0 heterocycles. The molecule has 0 fully saturated rings. The highest BCUT2D eigenvalue weighted by Gasteiger charge is 2.17. The van der Waals surface area contributed by atoms with Crippen LogP contribution in [-0.4, -0.2) is 26.2 Å². The second-order valence-electron chi connectivity index (χ2n) is 5.36. The molecule has 6 heteroatoms. The first-order valence-electron chi connectivity index (χ1n) is 7.50. The zero-order valence-corrected chi connectivity index (χ0v) is 14.9. The van der Waals surface area contributed by atoms with Crippen LogP contribution in [0.2, 0.25) is 5.02 Å². The number of aryl methyl sites for hydroxylation is 1. The number of carbonyl (C=O) groups is 1. The van der Waals surface area contributed by atoms with Gasteiger partial charge in [-0.3, -0.25) is 4.79 Å². The zero-order chi connectivity index (χ0) is 17.7. The highest BCUT2D eigenvalue weighted by atomic mass is 35.5. The normalized spacial score (nSPS) is 11.5. The zero-order valence-electron chi connectivity index (χ0n) is 14.1. The molecule has 0 aliphatic carbocycles. The fourth-order valence-electron chi connectivity index (χ4n) is 2.23. The van der Waals surface area contributed by atoms with Gasteiger partial charge in [-0.1, -0.05) is 23.7 Å². The number of hydrogen-bond acceptors (Lipinski definition) is 4. The molecule has 5 nitrogen and oxygen atoms in total. The summed E-state index contributed by atoms with van der Waals surface area (Å²) < 4.78 is 10.6. The van der Waals surface area contributed by atoms with Gasteiger partial charge in [-0.25, -0.2) is 0 Å². The number of para-hydroxylation sites is 2. The van der Waals surface area contributed by atoms with E-state index in [1.165, 1.54) is 0 Å². The van der Waals surface area contributed by atoms with Gasteiger partial charge in [0.2, 0.25) is 5.91 Å². The van der Waals surface area contributed by atoms with E-state index in [1.807, 2.05) is 25.1 Å². The highest BCUT2D eigenvalue weighted by molar-refractivity contribution is 6.31. The van der Waals surface area contributed by atoms with Crippen molar-refractivity contribution < 1.29 is 14.3 Å². The minimum Gasteiger partial charge on any atom is -0.495 e. The lowest BCUT2D eigenvalue weighted by Crippen LogP contribution is -2.32. The largest absolute Gasteiger partial charge is 0.495 e. The maximum atomic E-state index is 12.4. The number of nitrogens with one attached hydrogen (secondary N) is 2. The van der Waals surface area contributed by atoms with Gasteiger partial charge in [-0.15, -0.1) is 0 Å². The Balaban J connectivity index is 2.13. The van der Waals surface area contributed by atoms with Gasteiger partial charge in [-0.2, -0.15) is 0 Å². The van der Waals surface area contributed by atoms with Crippen LogP contribution in [0.5, 0.6) is 11.5 Å². The Kier molecular flexibility index (Phi) is 5.93. The predicted octanol–water partition coefficient (Wildman–Crippen LogP) is 4.10. The Hall–Kier alpha value is -2.40. The smallest absolute Gasteiger partial charge is 0.246 e. The fraction of sp³-hybridized carbons (Fsp3) is 0.278. The van der Waals surface area contributed by atoms with Gasteiger partial charge >= 0.3 is 0 Å². The number of rotatable bonds is 6. The number of hydrogen-bond donors (Lipinski definition) is 2. The predicted molar refractivity (Wildman–Crippen MR) is 97.4 cm³/mol. The molecule has 0 aliphatic heterocycles. The van der Waals surface area contributed by atoms with Crippen LogP contribution in [0.4, 0.5) is 11.4 Å². The van der Waals surface area contributed by atoms with Crippen molar-refractivity contribution in [3.63, 3.8) is 0 Å². The lowest BCUT2D eigenvalue weighted by atomic mass is 10.2. The van der Waals surface area contributed by atoms with Crippen molar-refractivity contribution in [2.24, 2.45) is 0 Å². The van der Waals surface area contributed by atoms with Crippen molar-refractivity contribution in [1.82, 2.24) is 0 Å². The Bertz CT molecular complexity index is 734. The van der Waals surface area contributed by atoms with Gasteiger partial charge in [0.1, 0.15) is 17.5 Å². The second-order valence-corrected chi connectivity index (χ2v) is 5.76. The van der Waals surface area contributed by atoms with Crippen molar-refractivity contribution in [2.75, 3.05) is 24.9 Å². The molecule has 1 atom stereocenters. The third-order valence-corrected chi connectivity index (χ3v) is 4.02. The first kappa shape index (κ1) is 17.9. The van der Waals surface area contributed by atoms with E-state index in [0.717, 1.165) is 5.56 Å². The second kappa shape index (κ2) is 7.93. The van der Waals surface area contributed by atoms with E-state index >= 15 is 0 Å². The summed E-state index contributed by atoms with van der Waals surface area (Å²) in [4.78, 5) is 12.4. The van der Waals surface area contributed by atoms with Crippen molar-refractivity contribution in [3.8, 4) is 11.5 Å². The number of amides is 1. The third kappa shape index (κ3) is 4.11. The standard InChI is InChI=1S/C18H21ClN2O3/c1-11-9-15(17(24-4)10-13(11)19)20-12(2)18(22)21-14-7-5-6-8-16(14)23-3/h5-10,12,20H,1-4H3,(H,21,22)/t12-/m0/s1.